The fourth-order valence-electron chi connectivity index (χ4n) is 2.95. The van der Waals surface area contributed by atoms with E-state index in [1.54, 1.807) is 18.2 Å². The number of carbonyl (C=O) groups is 1. The highest BCUT2D eigenvalue weighted by molar-refractivity contribution is 5.93. The van der Waals surface area contributed by atoms with Crippen LogP contribution in [-0.2, 0) is 0 Å². The van der Waals surface area contributed by atoms with Gasteiger partial charge in [0, 0.05) is 12.1 Å². The first-order valence-corrected chi connectivity index (χ1v) is 7.46. The zero-order chi connectivity index (χ0) is 15.6. The van der Waals surface area contributed by atoms with E-state index in [0.717, 1.165) is 31.2 Å². The van der Waals surface area contributed by atoms with Crippen molar-refractivity contribution in [2.75, 3.05) is 6.54 Å². The molecule has 2 aromatic rings. The van der Waals surface area contributed by atoms with E-state index in [1.165, 1.54) is 12.1 Å². The van der Waals surface area contributed by atoms with Gasteiger partial charge in [0.05, 0.1) is 11.2 Å². The Kier molecular flexibility index (Phi) is 5.38. The van der Waals surface area contributed by atoms with Crippen LogP contribution in [0.4, 0.5) is 4.39 Å². The van der Waals surface area contributed by atoms with Gasteiger partial charge in [0.25, 0.3) is 5.91 Å². The highest BCUT2D eigenvalue weighted by Crippen LogP contribution is 2.29. The van der Waals surface area contributed by atoms with Crippen LogP contribution in [-0.4, -0.2) is 28.2 Å². The van der Waals surface area contributed by atoms with Crippen LogP contribution in [0.2, 0.25) is 0 Å². The molecule has 1 aliphatic carbocycles. The minimum absolute atomic E-state index is 0. The molecule has 0 radical (unpaired) electrons. The Morgan fingerprint density at radius 1 is 1.30 bits per heavy atom. The van der Waals surface area contributed by atoms with E-state index >= 15 is 0 Å². The predicted molar refractivity (Wildman–Crippen MR) is 88.9 cm³/mol. The van der Waals surface area contributed by atoms with Gasteiger partial charge in [-0.05, 0) is 43.2 Å². The van der Waals surface area contributed by atoms with Gasteiger partial charge >= 0.3 is 0 Å². The van der Waals surface area contributed by atoms with Crippen molar-refractivity contribution in [1.82, 2.24) is 15.5 Å². The van der Waals surface area contributed by atoms with Gasteiger partial charge in [0.1, 0.15) is 11.5 Å². The van der Waals surface area contributed by atoms with Crippen molar-refractivity contribution in [3.8, 4) is 11.3 Å². The molecule has 124 valence electrons. The summed E-state index contributed by atoms with van der Waals surface area (Å²) in [6, 6.07) is 7.66. The lowest BCUT2D eigenvalue weighted by molar-refractivity contribution is 0.0898. The van der Waals surface area contributed by atoms with Crippen LogP contribution < -0.4 is 11.1 Å². The third-order valence-corrected chi connectivity index (χ3v) is 4.29. The number of halogens is 2. The van der Waals surface area contributed by atoms with Crippen LogP contribution in [0.25, 0.3) is 11.3 Å². The second-order valence-corrected chi connectivity index (χ2v) is 5.82. The lowest BCUT2D eigenvalue weighted by Gasteiger charge is -2.28. The van der Waals surface area contributed by atoms with Gasteiger partial charge in [-0.15, -0.1) is 12.4 Å². The number of nitrogens with one attached hydrogen (secondary N) is 2. The third kappa shape index (κ3) is 3.71. The molecule has 1 fully saturated rings. The molecule has 1 saturated carbocycles. The first kappa shape index (κ1) is 17.4. The summed E-state index contributed by atoms with van der Waals surface area (Å²) >= 11 is 0. The molecule has 0 saturated heterocycles. The van der Waals surface area contributed by atoms with Crippen LogP contribution in [0, 0.1) is 5.82 Å². The molecular weight excluding hydrogens is 319 g/mol. The molecule has 0 atom stereocenters. The lowest BCUT2D eigenvalue weighted by Crippen LogP contribution is -2.51. The van der Waals surface area contributed by atoms with Gasteiger partial charge in [0.2, 0.25) is 0 Å². The first-order valence-electron chi connectivity index (χ1n) is 7.46. The van der Waals surface area contributed by atoms with Gasteiger partial charge < -0.3 is 11.1 Å². The largest absolute Gasteiger partial charge is 0.344 e. The smallest absolute Gasteiger partial charge is 0.269 e. The molecule has 3 rings (SSSR count). The van der Waals surface area contributed by atoms with Gasteiger partial charge in [-0.2, -0.15) is 5.10 Å². The minimum atomic E-state index is -0.302. The summed E-state index contributed by atoms with van der Waals surface area (Å²) in [4.78, 5) is 12.4. The Hall–Kier alpha value is -1.92. The molecule has 23 heavy (non-hydrogen) atoms. The van der Waals surface area contributed by atoms with E-state index in [-0.39, 0.29) is 29.7 Å². The van der Waals surface area contributed by atoms with Crippen LogP contribution in [0.15, 0.2) is 30.3 Å². The van der Waals surface area contributed by atoms with Gasteiger partial charge in [-0.1, -0.05) is 12.8 Å². The second kappa shape index (κ2) is 7.10. The summed E-state index contributed by atoms with van der Waals surface area (Å²) in [7, 11) is 0. The molecule has 0 aliphatic heterocycles. The summed E-state index contributed by atoms with van der Waals surface area (Å²) in [5.74, 6) is -0.503. The van der Waals surface area contributed by atoms with Crippen molar-refractivity contribution in [2.24, 2.45) is 5.73 Å². The van der Waals surface area contributed by atoms with Crippen molar-refractivity contribution in [2.45, 2.75) is 31.2 Å². The topological polar surface area (TPSA) is 83.8 Å². The zero-order valence-corrected chi connectivity index (χ0v) is 13.5. The van der Waals surface area contributed by atoms with E-state index in [9.17, 15) is 9.18 Å². The molecular formula is C16H20ClFN4O. The standard InChI is InChI=1S/C16H19FN4O.ClH/c17-12-5-3-11(4-6-12)13-9-14(21-20-13)15(22)19-16(10-18)7-1-2-8-16;/h3-6,9H,1-2,7-8,10,18H2,(H,19,22)(H,20,21);1H. The second-order valence-electron chi connectivity index (χ2n) is 5.82. The molecule has 7 heteroatoms. The highest BCUT2D eigenvalue weighted by Gasteiger charge is 2.34. The van der Waals surface area contributed by atoms with Crippen molar-refractivity contribution < 1.29 is 9.18 Å². The summed E-state index contributed by atoms with van der Waals surface area (Å²) < 4.78 is 12.9. The molecule has 0 spiro atoms. The molecule has 1 aliphatic rings. The van der Waals surface area contributed by atoms with Gasteiger partial charge in [-0.25, -0.2) is 4.39 Å². The maximum absolute atomic E-state index is 12.9. The van der Waals surface area contributed by atoms with Crippen LogP contribution in [0.5, 0.6) is 0 Å². The number of nitrogens with zero attached hydrogens (tertiary/aromatic N) is 1. The fourth-order valence-corrected chi connectivity index (χ4v) is 2.95. The van der Waals surface area contributed by atoms with E-state index in [0.29, 0.717) is 17.9 Å². The van der Waals surface area contributed by atoms with Gasteiger partial charge in [0.15, 0.2) is 0 Å². The molecule has 0 unspecified atom stereocenters. The zero-order valence-electron chi connectivity index (χ0n) is 12.6. The number of aromatic amines is 1. The third-order valence-electron chi connectivity index (χ3n) is 4.29. The molecule has 0 bridgehead atoms. The average Bonchev–Trinajstić information content (AvgIpc) is 3.18. The number of carbonyl (C=O) groups excluding carboxylic acids is 1. The predicted octanol–water partition coefficient (Wildman–Crippen LogP) is 2.64. The average molecular weight is 339 g/mol. The Labute approximate surface area is 140 Å². The van der Waals surface area contributed by atoms with E-state index < -0.39 is 0 Å². The van der Waals surface area contributed by atoms with Crippen molar-refractivity contribution >= 4 is 18.3 Å². The van der Waals surface area contributed by atoms with Crippen LogP contribution >= 0.6 is 12.4 Å². The monoisotopic (exact) mass is 338 g/mol. The van der Waals surface area contributed by atoms with E-state index in [2.05, 4.69) is 15.5 Å². The van der Waals surface area contributed by atoms with Crippen LogP contribution in [0.1, 0.15) is 36.2 Å². The highest BCUT2D eigenvalue weighted by atomic mass is 35.5. The summed E-state index contributed by atoms with van der Waals surface area (Å²) in [6.45, 7) is 0.442. The Bertz CT molecular complexity index is 665. The number of amides is 1. The SMILES string of the molecule is Cl.NCC1(NC(=O)c2cc(-c3ccc(F)cc3)n[nH]2)CCCC1. The normalized spacial score (nSPS) is 15.9. The molecule has 1 aromatic heterocycles. The van der Waals surface area contributed by atoms with Gasteiger partial charge in [-0.3, -0.25) is 9.89 Å². The number of hydrogen-bond acceptors (Lipinski definition) is 3. The molecule has 1 heterocycles. The van der Waals surface area contributed by atoms with E-state index in [1.807, 2.05) is 0 Å². The Morgan fingerprint density at radius 3 is 2.57 bits per heavy atom. The number of nitrogens with two attached hydrogens (primary N) is 1. The van der Waals surface area contributed by atoms with Crippen molar-refractivity contribution in [3.63, 3.8) is 0 Å². The molecule has 5 nitrogen and oxygen atoms in total. The first-order chi connectivity index (χ1) is 10.6. The van der Waals surface area contributed by atoms with E-state index in [4.69, 9.17) is 5.73 Å². The summed E-state index contributed by atoms with van der Waals surface area (Å²) in [5.41, 5.74) is 7.29. The van der Waals surface area contributed by atoms with Crippen molar-refractivity contribution in [3.05, 3.63) is 41.8 Å². The number of benzene rings is 1. The maximum atomic E-state index is 12.9. The Morgan fingerprint density at radius 2 is 1.96 bits per heavy atom. The summed E-state index contributed by atoms with van der Waals surface area (Å²) in [6.07, 6.45) is 3.99. The van der Waals surface area contributed by atoms with Crippen LogP contribution in [0.3, 0.4) is 0 Å². The molecule has 4 N–H and O–H groups in total. The number of rotatable bonds is 4. The number of hydrogen-bond donors (Lipinski definition) is 3. The molecule has 1 aromatic carbocycles. The Balaban J connectivity index is 0.00000192. The van der Waals surface area contributed by atoms with Crippen molar-refractivity contribution in [1.29, 1.82) is 0 Å². The fraction of sp³-hybridized carbons (Fsp3) is 0.375. The number of H-pyrrole nitrogens is 1. The maximum Gasteiger partial charge on any atom is 0.269 e. The summed E-state index contributed by atoms with van der Waals surface area (Å²) in [5, 5.41) is 9.90. The number of aromatic nitrogens is 2. The lowest BCUT2D eigenvalue weighted by atomic mass is 9.97. The minimum Gasteiger partial charge on any atom is -0.344 e. The molecule has 1 amide bonds. The quantitative estimate of drug-likeness (QED) is 0.801.